The Morgan fingerprint density at radius 1 is 0.818 bits per heavy atom. The van der Waals surface area contributed by atoms with Gasteiger partial charge in [0.2, 0.25) is 0 Å². The highest BCUT2D eigenvalue weighted by Gasteiger charge is 2.30. The van der Waals surface area contributed by atoms with Crippen molar-refractivity contribution in [3.05, 3.63) is 0 Å². The molecule has 2 aliphatic heterocycles. The van der Waals surface area contributed by atoms with E-state index in [0.717, 1.165) is 18.0 Å². The molecule has 0 radical (unpaired) electrons. The lowest BCUT2D eigenvalue weighted by molar-refractivity contribution is 0.0289. The van der Waals surface area contributed by atoms with E-state index in [9.17, 15) is 0 Å². The number of likely N-dealkylation sites (N-methyl/N-ethyl adjacent to an activating group) is 1. The summed E-state index contributed by atoms with van der Waals surface area (Å²) in [6.45, 7) is 22.7. The molecule has 3 heteroatoms. The number of hydrogen-bond donors (Lipinski definition) is 0. The van der Waals surface area contributed by atoms with Crippen LogP contribution in [0.3, 0.4) is 0 Å². The van der Waals surface area contributed by atoms with E-state index in [0.29, 0.717) is 0 Å². The summed E-state index contributed by atoms with van der Waals surface area (Å²) in [5.74, 6) is 0.934. The SMILES string of the molecule is CC.CC.CCN1CC(C)N(CC2CCN(C)CC2)CC1C. The molecular formula is C19H43N3. The van der Waals surface area contributed by atoms with Crippen molar-refractivity contribution >= 4 is 0 Å². The molecule has 0 aromatic carbocycles. The summed E-state index contributed by atoms with van der Waals surface area (Å²) >= 11 is 0. The van der Waals surface area contributed by atoms with E-state index < -0.39 is 0 Å². The van der Waals surface area contributed by atoms with E-state index in [4.69, 9.17) is 0 Å². The van der Waals surface area contributed by atoms with Crippen LogP contribution in [0, 0.1) is 5.92 Å². The van der Waals surface area contributed by atoms with Crippen molar-refractivity contribution in [2.45, 2.75) is 73.4 Å². The monoisotopic (exact) mass is 313 g/mol. The molecule has 2 heterocycles. The van der Waals surface area contributed by atoms with E-state index in [1.807, 2.05) is 27.7 Å². The van der Waals surface area contributed by atoms with E-state index >= 15 is 0 Å². The molecule has 22 heavy (non-hydrogen) atoms. The molecule has 3 nitrogen and oxygen atoms in total. The topological polar surface area (TPSA) is 9.72 Å². The first kappa shape index (κ1) is 21.9. The summed E-state index contributed by atoms with van der Waals surface area (Å²) in [6, 6.07) is 1.47. The Balaban J connectivity index is 0.00000102. The molecule has 2 saturated heterocycles. The van der Waals surface area contributed by atoms with Gasteiger partial charge in [-0.2, -0.15) is 0 Å². The molecule has 0 amide bonds. The third-order valence-corrected chi connectivity index (χ3v) is 4.98. The lowest BCUT2D eigenvalue weighted by atomic mass is 9.95. The van der Waals surface area contributed by atoms with E-state index in [1.54, 1.807) is 0 Å². The molecule has 2 unspecified atom stereocenters. The average molecular weight is 314 g/mol. The van der Waals surface area contributed by atoms with Crippen LogP contribution in [0.4, 0.5) is 0 Å². The summed E-state index contributed by atoms with van der Waals surface area (Å²) in [5, 5.41) is 0. The van der Waals surface area contributed by atoms with Crippen molar-refractivity contribution in [2.75, 3.05) is 46.3 Å². The van der Waals surface area contributed by atoms with E-state index in [1.165, 1.54) is 52.1 Å². The van der Waals surface area contributed by atoms with Crippen LogP contribution < -0.4 is 0 Å². The summed E-state index contributed by atoms with van der Waals surface area (Å²) < 4.78 is 0. The van der Waals surface area contributed by atoms with Crippen LogP contribution in [-0.4, -0.2) is 73.1 Å². The number of rotatable bonds is 3. The fourth-order valence-corrected chi connectivity index (χ4v) is 3.54. The molecule has 0 saturated carbocycles. The molecule has 0 aromatic rings. The number of piperidine rings is 1. The summed E-state index contributed by atoms with van der Waals surface area (Å²) in [4.78, 5) is 7.83. The van der Waals surface area contributed by atoms with Gasteiger partial charge in [0.05, 0.1) is 0 Å². The Kier molecular flexibility index (Phi) is 12.3. The van der Waals surface area contributed by atoms with Crippen LogP contribution >= 0.6 is 0 Å². The van der Waals surface area contributed by atoms with Crippen LogP contribution in [0.25, 0.3) is 0 Å². The van der Waals surface area contributed by atoms with Crippen molar-refractivity contribution < 1.29 is 0 Å². The highest BCUT2D eigenvalue weighted by molar-refractivity contribution is 4.86. The van der Waals surface area contributed by atoms with Crippen molar-refractivity contribution in [1.29, 1.82) is 0 Å². The standard InChI is InChI=1S/C15H31N3.2C2H6/c1-5-17-10-14(3)18(11-13(17)2)12-15-6-8-16(4)9-7-15;2*1-2/h13-15H,5-12H2,1-4H3;2*1-2H3. The second kappa shape index (κ2) is 12.3. The van der Waals surface area contributed by atoms with Crippen LogP contribution in [0.1, 0.15) is 61.3 Å². The van der Waals surface area contributed by atoms with Gasteiger partial charge in [-0.1, -0.05) is 34.6 Å². The zero-order valence-electron chi connectivity index (χ0n) is 16.7. The first-order valence-electron chi connectivity index (χ1n) is 9.76. The molecule has 134 valence electrons. The fourth-order valence-electron chi connectivity index (χ4n) is 3.54. The van der Waals surface area contributed by atoms with Crippen molar-refractivity contribution in [1.82, 2.24) is 14.7 Å². The largest absolute Gasteiger partial charge is 0.306 e. The normalized spacial score (nSPS) is 28.4. The van der Waals surface area contributed by atoms with Crippen molar-refractivity contribution in [3.63, 3.8) is 0 Å². The maximum atomic E-state index is 2.74. The Morgan fingerprint density at radius 2 is 1.27 bits per heavy atom. The Hall–Kier alpha value is -0.120. The summed E-state index contributed by atoms with van der Waals surface area (Å²) in [6.07, 6.45) is 2.79. The Labute approximate surface area is 141 Å². The van der Waals surface area contributed by atoms with Gasteiger partial charge >= 0.3 is 0 Å². The quantitative estimate of drug-likeness (QED) is 0.785. The number of nitrogens with zero attached hydrogens (tertiary/aromatic N) is 3. The van der Waals surface area contributed by atoms with Gasteiger partial charge < -0.3 is 4.90 Å². The van der Waals surface area contributed by atoms with Gasteiger partial charge in [0.1, 0.15) is 0 Å². The van der Waals surface area contributed by atoms with Gasteiger partial charge in [-0.3, -0.25) is 9.80 Å². The molecule has 0 aliphatic carbocycles. The lowest BCUT2D eigenvalue weighted by Crippen LogP contribution is -2.57. The zero-order chi connectivity index (χ0) is 17.1. The molecule has 0 N–H and O–H groups in total. The maximum absolute atomic E-state index is 2.74. The minimum Gasteiger partial charge on any atom is -0.306 e. The average Bonchev–Trinajstić information content (AvgIpc) is 2.56. The number of likely N-dealkylation sites (tertiary alicyclic amines) is 1. The smallest absolute Gasteiger partial charge is 0.0195 e. The lowest BCUT2D eigenvalue weighted by Gasteiger charge is -2.45. The number of piperazine rings is 1. The van der Waals surface area contributed by atoms with Crippen molar-refractivity contribution in [2.24, 2.45) is 5.92 Å². The molecule has 2 atom stereocenters. The first-order chi connectivity index (χ1) is 10.6. The summed E-state index contributed by atoms with van der Waals surface area (Å²) in [5.41, 5.74) is 0. The van der Waals surface area contributed by atoms with Gasteiger partial charge in [0, 0.05) is 31.7 Å². The highest BCUT2D eigenvalue weighted by Crippen LogP contribution is 2.21. The maximum Gasteiger partial charge on any atom is 0.0195 e. The molecule has 0 aromatic heterocycles. The van der Waals surface area contributed by atoms with Gasteiger partial charge in [-0.25, -0.2) is 0 Å². The first-order valence-corrected chi connectivity index (χ1v) is 9.76. The molecule has 2 aliphatic rings. The van der Waals surface area contributed by atoms with Gasteiger partial charge in [0.15, 0.2) is 0 Å². The zero-order valence-corrected chi connectivity index (χ0v) is 16.7. The van der Waals surface area contributed by atoms with E-state index in [2.05, 4.69) is 42.5 Å². The molecule has 0 spiro atoms. The highest BCUT2D eigenvalue weighted by atomic mass is 15.3. The van der Waals surface area contributed by atoms with Crippen LogP contribution in [-0.2, 0) is 0 Å². The minimum absolute atomic E-state index is 0.734. The predicted molar refractivity (Wildman–Crippen MR) is 101 cm³/mol. The molecule has 2 fully saturated rings. The van der Waals surface area contributed by atoms with Gasteiger partial charge in [0.25, 0.3) is 0 Å². The molecule has 0 bridgehead atoms. The Morgan fingerprint density at radius 3 is 1.77 bits per heavy atom. The fraction of sp³-hybridized carbons (Fsp3) is 1.00. The van der Waals surface area contributed by atoms with Gasteiger partial charge in [-0.05, 0) is 59.3 Å². The molecule has 2 rings (SSSR count). The van der Waals surface area contributed by atoms with E-state index in [-0.39, 0.29) is 0 Å². The summed E-state index contributed by atoms with van der Waals surface area (Å²) in [7, 11) is 2.25. The number of hydrogen-bond acceptors (Lipinski definition) is 3. The van der Waals surface area contributed by atoms with Crippen LogP contribution in [0.15, 0.2) is 0 Å². The van der Waals surface area contributed by atoms with Gasteiger partial charge in [-0.15, -0.1) is 0 Å². The Bertz CT molecular complexity index is 249. The second-order valence-corrected chi connectivity index (χ2v) is 6.49. The third-order valence-electron chi connectivity index (χ3n) is 4.98. The minimum atomic E-state index is 0.734. The second-order valence-electron chi connectivity index (χ2n) is 6.49. The third kappa shape index (κ3) is 6.97. The van der Waals surface area contributed by atoms with Crippen LogP contribution in [0.2, 0.25) is 0 Å². The van der Waals surface area contributed by atoms with Crippen LogP contribution in [0.5, 0.6) is 0 Å². The van der Waals surface area contributed by atoms with Crippen molar-refractivity contribution in [3.8, 4) is 0 Å². The predicted octanol–water partition coefficient (Wildman–Crippen LogP) is 3.80. The molecular weight excluding hydrogens is 270 g/mol.